The van der Waals surface area contributed by atoms with E-state index in [9.17, 15) is 9.59 Å². The Morgan fingerprint density at radius 2 is 1.84 bits per heavy atom. The maximum atomic E-state index is 12.4. The van der Waals surface area contributed by atoms with E-state index in [4.69, 9.17) is 18.9 Å². The van der Waals surface area contributed by atoms with Gasteiger partial charge in [-0.25, -0.2) is 0 Å². The summed E-state index contributed by atoms with van der Waals surface area (Å²) in [5.41, 5.74) is 0.0168. The molecule has 6 nitrogen and oxygen atoms in total. The zero-order chi connectivity index (χ0) is 18.2. The minimum atomic E-state index is -0.588. The molecule has 0 N–H and O–H groups in total. The zero-order valence-electron chi connectivity index (χ0n) is 15.7. The van der Waals surface area contributed by atoms with Crippen LogP contribution in [-0.2, 0) is 28.5 Å². The van der Waals surface area contributed by atoms with Crippen molar-refractivity contribution < 1.29 is 28.5 Å². The fraction of sp³-hybridized carbons (Fsp3) is 0.895. The maximum Gasteiger partial charge on any atom is 0.312 e. The molecule has 0 aromatic carbocycles. The lowest BCUT2D eigenvalue weighted by Gasteiger charge is -2.42. The van der Waals surface area contributed by atoms with Crippen LogP contribution in [0.1, 0.15) is 52.9 Å². The molecule has 2 saturated carbocycles. The third kappa shape index (κ3) is 3.70. The topological polar surface area (TPSA) is 71.1 Å². The van der Waals surface area contributed by atoms with Crippen LogP contribution in [0.4, 0.5) is 0 Å². The molecule has 6 heteroatoms. The first-order chi connectivity index (χ1) is 11.8. The Balaban J connectivity index is 1.71. The number of hydrogen-bond donors (Lipinski definition) is 0. The van der Waals surface area contributed by atoms with Crippen molar-refractivity contribution in [3.63, 3.8) is 0 Å². The van der Waals surface area contributed by atoms with Crippen molar-refractivity contribution >= 4 is 11.9 Å². The third-order valence-corrected chi connectivity index (χ3v) is 5.78. The minimum absolute atomic E-state index is 0.0168. The van der Waals surface area contributed by atoms with E-state index in [1.54, 1.807) is 0 Å². The average molecular weight is 354 g/mol. The van der Waals surface area contributed by atoms with Gasteiger partial charge in [-0.15, -0.1) is 0 Å². The van der Waals surface area contributed by atoms with Gasteiger partial charge in [0, 0.05) is 24.7 Å². The van der Waals surface area contributed by atoms with E-state index in [1.165, 1.54) is 7.11 Å². The SMILES string of the molecule is CCCC(=O)O[C@@H]1C[C@H]2CC3(C[C@H]2[C@H]1C(=O)OC)OCC(C)(C)CO3. The predicted molar refractivity (Wildman–Crippen MR) is 89.5 cm³/mol. The van der Waals surface area contributed by atoms with Gasteiger partial charge in [-0.3, -0.25) is 9.59 Å². The van der Waals surface area contributed by atoms with Crippen molar-refractivity contribution in [1.82, 2.24) is 0 Å². The summed E-state index contributed by atoms with van der Waals surface area (Å²) in [5, 5.41) is 0. The van der Waals surface area contributed by atoms with Gasteiger partial charge in [0.25, 0.3) is 0 Å². The molecule has 0 amide bonds. The van der Waals surface area contributed by atoms with E-state index >= 15 is 0 Å². The first-order valence-corrected chi connectivity index (χ1v) is 9.34. The fourth-order valence-electron chi connectivity index (χ4n) is 4.55. The van der Waals surface area contributed by atoms with Crippen LogP contribution in [0.25, 0.3) is 0 Å². The Morgan fingerprint density at radius 1 is 1.16 bits per heavy atom. The fourth-order valence-corrected chi connectivity index (χ4v) is 4.55. The number of rotatable bonds is 4. The molecular weight excluding hydrogens is 324 g/mol. The van der Waals surface area contributed by atoms with Crippen LogP contribution in [0.3, 0.4) is 0 Å². The number of esters is 2. The van der Waals surface area contributed by atoms with E-state index in [-0.39, 0.29) is 35.3 Å². The molecule has 1 heterocycles. The summed E-state index contributed by atoms with van der Waals surface area (Å²) in [7, 11) is 1.39. The van der Waals surface area contributed by atoms with Crippen molar-refractivity contribution in [3.05, 3.63) is 0 Å². The predicted octanol–water partition coefficient (Wildman–Crippen LogP) is 2.69. The molecule has 3 rings (SSSR count). The largest absolute Gasteiger partial charge is 0.469 e. The number of ether oxygens (including phenoxy) is 4. The highest BCUT2D eigenvalue weighted by atomic mass is 16.7. The summed E-state index contributed by atoms with van der Waals surface area (Å²) in [4.78, 5) is 24.3. The van der Waals surface area contributed by atoms with Gasteiger partial charge in [0.15, 0.2) is 5.79 Å². The molecule has 0 radical (unpaired) electrons. The molecule has 0 bridgehead atoms. The van der Waals surface area contributed by atoms with E-state index in [0.717, 1.165) is 12.8 Å². The Labute approximate surface area is 149 Å². The molecule has 3 aliphatic rings. The van der Waals surface area contributed by atoms with E-state index < -0.39 is 11.7 Å². The van der Waals surface area contributed by atoms with Crippen LogP contribution in [0, 0.1) is 23.2 Å². The summed E-state index contributed by atoms with van der Waals surface area (Å²) < 4.78 is 22.8. The lowest BCUT2D eigenvalue weighted by Crippen LogP contribution is -2.47. The first kappa shape index (κ1) is 18.6. The summed E-state index contributed by atoms with van der Waals surface area (Å²) in [5.74, 6) is -1.21. The van der Waals surface area contributed by atoms with Crippen molar-refractivity contribution in [2.75, 3.05) is 20.3 Å². The molecule has 2 aliphatic carbocycles. The molecule has 0 unspecified atom stereocenters. The van der Waals surface area contributed by atoms with Gasteiger partial charge >= 0.3 is 11.9 Å². The van der Waals surface area contributed by atoms with Gasteiger partial charge < -0.3 is 18.9 Å². The Hall–Kier alpha value is -1.14. The number of methoxy groups -OCH3 is 1. The zero-order valence-corrected chi connectivity index (χ0v) is 15.7. The second-order valence-electron chi connectivity index (χ2n) is 8.55. The van der Waals surface area contributed by atoms with Crippen LogP contribution in [0.5, 0.6) is 0 Å². The minimum Gasteiger partial charge on any atom is -0.469 e. The van der Waals surface area contributed by atoms with Gasteiger partial charge in [0.2, 0.25) is 0 Å². The van der Waals surface area contributed by atoms with Crippen LogP contribution in [-0.4, -0.2) is 44.2 Å². The quantitative estimate of drug-likeness (QED) is 0.723. The molecule has 0 aromatic heterocycles. The van der Waals surface area contributed by atoms with Gasteiger partial charge in [-0.1, -0.05) is 20.8 Å². The molecule has 1 spiro atoms. The number of carbonyl (C=O) groups is 2. The van der Waals surface area contributed by atoms with Gasteiger partial charge in [-0.2, -0.15) is 0 Å². The summed E-state index contributed by atoms with van der Waals surface area (Å²) in [6.45, 7) is 7.49. The standard InChI is InChI=1S/C19H30O6/c1-5-6-15(20)25-14-7-12-8-19(23-10-18(2,3)11-24-19)9-13(12)16(14)17(21)22-4/h12-14,16H,5-11H2,1-4H3/t12-,13+,14+,16+/m0/s1. The highest BCUT2D eigenvalue weighted by Crippen LogP contribution is 2.55. The molecule has 3 fully saturated rings. The van der Waals surface area contributed by atoms with E-state index in [1.807, 2.05) is 6.92 Å². The molecule has 0 aromatic rings. The van der Waals surface area contributed by atoms with Crippen molar-refractivity contribution in [2.24, 2.45) is 23.2 Å². The molecule has 142 valence electrons. The van der Waals surface area contributed by atoms with Crippen LogP contribution in [0.2, 0.25) is 0 Å². The lowest BCUT2D eigenvalue weighted by atomic mass is 9.90. The summed E-state index contributed by atoms with van der Waals surface area (Å²) >= 11 is 0. The Bertz CT molecular complexity index is 518. The van der Waals surface area contributed by atoms with Gasteiger partial charge in [0.05, 0.1) is 26.2 Å². The third-order valence-electron chi connectivity index (χ3n) is 5.78. The molecule has 1 aliphatic heterocycles. The van der Waals surface area contributed by atoms with Crippen LogP contribution >= 0.6 is 0 Å². The van der Waals surface area contributed by atoms with Crippen molar-refractivity contribution in [1.29, 1.82) is 0 Å². The second kappa shape index (κ2) is 6.88. The smallest absolute Gasteiger partial charge is 0.312 e. The number of hydrogen-bond acceptors (Lipinski definition) is 6. The monoisotopic (exact) mass is 354 g/mol. The number of fused-ring (bicyclic) bond motifs is 1. The van der Waals surface area contributed by atoms with Crippen molar-refractivity contribution in [2.45, 2.75) is 64.8 Å². The van der Waals surface area contributed by atoms with Crippen molar-refractivity contribution in [3.8, 4) is 0 Å². The normalized spacial score (nSPS) is 35.4. The maximum absolute atomic E-state index is 12.4. The van der Waals surface area contributed by atoms with Gasteiger partial charge in [0.1, 0.15) is 6.10 Å². The number of carbonyl (C=O) groups excluding carboxylic acids is 2. The van der Waals surface area contributed by atoms with Crippen LogP contribution < -0.4 is 0 Å². The van der Waals surface area contributed by atoms with Crippen LogP contribution in [0.15, 0.2) is 0 Å². The molecular formula is C19H30O6. The first-order valence-electron chi connectivity index (χ1n) is 9.34. The Kier molecular flexibility index (Phi) is 5.13. The highest BCUT2D eigenvalue weighted by molar-refractivity contribution is 5.75. The highest BCUT2D eigenvalue weighted by Gasteiger charge is 2.60. The Morgan fingerprint density at radius 3 is 2.44 bits per heavy atom. The second-order valence-corrected chi connectivity index (χ2v) is 8.55. The summed E-state index contributed by atoms with van der Waals surface area (Å²) in [6.07, 6.45) is 2.82. The van der Waals surface area contributed by atoms with Gasteiger partial charge in [-0.05, 0) is 24.7 Å². The molecule has 25 heavy (non-hydrogen) atoms. The summed E-state index contributed by atoms with van der Waals surface area (Å²) in [6, 6.07) is 0. The van der Waals surface area contributed by atoms with E-state index in [0.29, 0.717) is 32.5 Å². The van der Waals surface area contributed by atoms with E-state index in [2.05, 4.69) is 13.8 Å². The average Bonchev–Trinajstić information content (AvgIpc) is 3.04. The molecule has 4 atom stereocenters. The molecule has 1 saturated heterocycles. The lowest BCUT2D eigenvalue weighted by molar-refractivity contribution is -0.298.